The van der Waals surface area contributed by atoms with Crippen LogP contribution in [0.5, 0.6) is 0 Å². The molecule has 1 saturated carbocycles. The van der Waals surface area contributed by atoms with Gasteiger partial charge in [0.1, 0.15) is 0 Å². The molecule has 0 aromatic carbocycles. The second kappa shape index (κ2) is 7.07. The number of nitrogens with zero attached hydrogens (tertiary/aromatic N) is 1. The van der Waals surface area contributed by atoms with Gasteiger partial charge in [0, 0.05) is 13.2 Å². The molecule has 0 radical (unpaired) electrons. The van der Waals surface area contributed by atoms with Crippen molar-refractivity contribution in [2.45, 2.75) is 44.3 Å². The Bertz CT molecular complexity index is 389. The maximum absolute atomic E-state index is 11.8. The summed E-state index contributed by atoms with van der Waals surface area (Å²) in [5.74, 6) is 0.373. The van der Waals surface area contributed by atoms with Gasteiger partial charge < -0.3 is 5.11 Å². The topological polar surface area (TPSA) is 90.2 Å². The van der Waals surface area contributed by atoms with E-state index in [0.29, 0.717) is 13.0 Å². The van der Waals surface area contributed by atoms with Crippen molar-refractivity contribution in [1.29, 1.82) is 5.26 Å². The zero-order valence-corrected chi connectivity index (χ0v) is 11.6. The Morgan fingerprint density at radius 2 is 2.00 bits per heavy atom. The van der Waals surface area contributed by atoms with Gasteiger partial charge in [-0.3, -0.25) is 0 Å². The lowest BCUT2D eigenvalue weighted by Gasteiger charge is -2.30. The van der Waals surface area contributed by atoms with Crippen molar-refractivity contribution in [1.82, 2.24) is 4.72 Å². The van der Waals surface area contributed by atoms with E-state index in [0.717, 1.165) is 25.7 Å². The Morgan fingerprint density at radius 3 is 2.50 bits per heavy atom. The quantitative estimate of drug-likeness (QED) is 0.756. The summed E-state index contributed by atoms with van der Waals surface area (Å²) in [5.41, 5.74) is 0. The number of hydrogen-bond donors (Lipinski definition) is 2. The van der Waals surface area contributed by atoms with Gasteiger partial charge in [-0.15, -0.1) is 0 Å². The summed E-state index contributed by atoms with van der Waals surface area (Å²) < 4.78 is 26.2. The molecule has 0 aliphatic heterocycles. The fourth-order valence-electron chi connectivity index (χ4n) is 2.50. The summed E-state index contributed by atoms with van der Waals surface area (Å²) in [6.07, 6.45) is 4.37. The first-order valence-electron chi connectivity index (χ1n) is 6.54. The van der Waals surface area contributed by atoms with Gasteiger partial charge in [0.25, 0.3) is 0 Å². The van der Waals surface area contributed by atoms with Crippen molar-refractivity contribution in [3.8, 4) is 6.07 Å². The highest BCUT2D eigenvalue weighted by atomic mass is 32.2. The summed E-state index contributed by atoms with van der Waals surface area (Å²) in [6, 6.07) is 1.81. The van der Waals surface area contributed by atoms with E-state index < -0.39 is 15.3 Å². The minimum atomic E-state index is -3.55. The van der Waals surface area contributed by atoms with E-state index in [-0.39, 0.29) is 18.4 Å². The van der Waals surface area contributed by atoms with Crippen molar-refractivity contribution < 1.29 is 13.5 Å². The van der Waals surface area contributed by atoms with Crippen LogP contribution in [0.2, 0.25) is 0 Å². The van der Waals surface area contributed by atoms with Crippen LogP contribution < -0.4 is 4.72 Å². The average molecular weight is 274 g/mol. The average Bonchev–Trinajstić information content (AvgIpc) is 2.38. The van der Waals surface area contributed by atoms with Crippen molar-refractivity contribution in [3.63, 3.8) is 0 Å². The minimum absolute atomic E-state index is 0.113. The summed E-state index contributed by atoms with van der Waals surface area (Å²) in [5, 5.41) is 17.1. The van der Waals surface area contributed by atoms with Gasteiger partial charge in [-0.2, -0.15) is 5.26 Å². The summed E-state index contributed by atoms with van der Waals surface area (Å²) in [6.45, 7) is 2.14. The largest absolute Gasteiger partial charge is 0.396 e. The van der Waals surface area contributed by atoms with E-state index in [1.165, 1.54) is 0 Å². The molecule has 5 nitrogen and oxygen atoms in total. The fraction of sp³-hybridized carbons (Fsp3) is 0.917. The first kappa shape index (κ1) is 15.4. The molecule has 6 heteroatoms. The smallest absolute Gasteiger partial charge is 0.227 e. The first-order valence-corrected chi connectivity index (χ1v) is 8.08. The van der Waals surface area contributed by atoms with Crippen LogP contribution in [0, 0.1) is 23.2 Å². The van der Waals surface area contributed by atoms with E-state index >= 15 is 0 Å². The molecule has 1 rings (SSSR count). The Labute approximate surface area is 109 Å². The number of aliphatic hydroxyl groups excluding tert-OH is 1. The molecule has 1 aliphatic rings. The van der Waals surface area contributed by atoms with Gasteiger partial charge in [-0.25, -0.2) is 13.1 Å². The summed E-state index contributed by atoms with van der Waals surface area (Å²) >= 11 is 0. The Kier molecular flexibility index (Phi) is 6.06. The molecule has 0 aromatic heterocycles. The van der Waals surface area contributed by atoms with Crippen LogP contribution in [0.3, 0.4) is 0 Å². The number of nitrogens with one attached hydrogen (secondary N) is 1. The molecule has 0 spiro atoms. The van der Waals surface area contributed by atoms with Gasteiger partial charge in [0.2, 0.25) is 10.0 Å². The molecule has 3 unspecified atom stereocenters. The summed E-state index contributed by atoms with van der Waals surface area (Å²) in [7, 11) is -3.55. The second-order valence-corrected chi connectivity index (χ2v) is 6.85. The number of aliphatic hydroxyl groups is 1. The number of rotatable bonds is 6. The number of sulfonamides is 1. The standard InChI is InChI=1S/C12H22N2O3S/c1-2-12(7-13)18(16,17)14-8-10-5-3-4-6-11(10)9-15/h10-12,14-15H,2-6,8-9H2,1H3. The molecule has 0 aromatic rings. The lowest BCUT2D eigenvalue weighted by molar-refractivity contribution is 0.136. The third-order valence-electron chi connectivity index (χ3n) is 3.74. The predicted octanol–water partition coefficient (Wildman–Crippen LogP) is 1.01. The van der Waals surface area contributed by atoms with Crippen LogP contribution in [-0.2, 0) is 10.0 Å². The van der Waals surface area contributed by atoms with Crippen molar-refractivity contribution >= 4 is 10.0 Å². The lowest BCUT2D eigenvalue weighted by Crippen LogP contribution is -2.39. The van der Waals surface area contributed by atoms with Gasteiger partial charge in [0.15, 0.2) is 5.25 Å². The molecule has 104 valence electrons. The van der Waals surface area contributed by atoms with Crippen LogP contribution in [0.25, 0.3) is 0 Å². The molecular formula is C12H22N2O3S. The molecular weight excluding hydrogens is 252 g/mol. The molecule has 1 aliphatic carbocycles. The van der Waals surface area contributed by atoms with Crippen LogP contribution in [-0.4, -0.2) is 31.9 Å². The number of nitriles is 1. The Morgan fingerprint density at radius 1 is 1.39 bits per heavy atom. The molecule has 0 amide bonds. The number of hydrogen-bond acceptors (Lipinski definition) is 4. The highest BCUT2D eigenvalue weighted by Gasteiger charge is 2.28. The van der Waals surface area contributed by atoms with Crippen molar-refractivity contribution in [2.75, 3.05) is 13.2 Å². The highest BCUT2D eigenvalue weighted by Crippen LogP contribution is 2.29. The molecule has 2 N–H and O–H groups in total. The van der Waals surface area contributed by atoms with Crippen LogP contribution in [0.1, 0.15) is 39.0 Å². The first-order chi connectivity index (χ1) is 8.55. The van der Waals surface area contributed by atoms with Crippen LogP contribution in [0.4, 0.5) is 0 Å². The third kappa shape index (κ3) is 3.94. The molecule has 0 bridgehead atoms. The van der Waals surface area contributed by atoms with Crippen molar-refractivity contribution in [3.05, 3.63) is 0 Å². The molecule has 1 fully saturated rings. The second-order valence-electron chi connectivity index (χ2n) is 4.91. The SMILES string of the molecule is CCC(C#N)S(=O)(=O)NCC1CCCCC1CO. The molecule has 0 saturated heterocycles. The molecule has 18 heavy (non-hydrogen) atoms. The fourth-order valence-corrected chi connectivity index (χ4v) is 3.72. The predicted molar refractivity (Wildman–Crippen MR) is 69.1 cm³/mol. The lowest BCUT2D eigenvalue weighted by atomic mass is 9.80. The van der Waals surface area contributed by atoms with Gasteiger partial charge in [0.05, 0.1) is 6.07 Å². The molecule has 0 heterocycles. The van der Waals surface area contributed by atoms with E-state index in [4.69, 9.17) is 5.26 Å². The normalized spacial score (nSPS) is 26.5. The Balaban J connectivity index is 2.56. The Hall–Kier alpha value is -0.640. The van der Waals surface area contributed by atoms with E-state index in [1.807, 2.05) is 0 Å². The zero-order valence-electron chi connectivity index (χ0n) is 10.8. The van der Waals surface area contributed by atoms with Gasteiger partial charge in [-0.05, 0) is 31.1 Å². The van der Waals surface area contributed by atoms with Crippen LogP contribution in [0.15, 0.2) is 0 Å². The van der Waals surface area contributed by atoms with E-state index in [1.54, 1.807) is 13.0 Å². The maximum Gasteiger partial charge on any atom is 0.227 e. The van der Waals surface area contributed by atoms with Gasteiger partial charge in [-0.1, -0.05) is 19.8 Å². The molecule has 3 atom stereocenters. The third-order valence-corrected chi connectivity index (χ3v) is 5.49. The zero-order chi connectivity index (χ0) is 13.6. The van der Waals surface area contributed by atoms with Gasteiger partial charge >= 0.3 is 0 Å². The van der Waals surface area contributed by atoms with Crippen LogP contribution >= 0.6 is 0 Å². The summed E-state index contributed by atoms with van der Waals surface area (Å²) in [4.78, 5) is 0. The van der Waals surface area contributed by atoms with E-state index in [9.17, 15) is 13.5 Å². The highest BCUT2D eigenvalue weighted by molar-refractivity contribution is 7.90. The maximum atomic E-state index is 11.8. The monoisotopic (exact) mass is 274 g/mol. The van der Waals surface area contributed by atoms with Crippen molar-refractivity contribution in [2.24, 2.45) is 11.8 Å². The van der Waals surface area contributed by atoms with E-state index in [2.05, 4.69) is 4.72 Å². The minimum Gasteiger partial charge on any atom is -0.396 e.